The van der Waals surface area contributed by atoms with Gasteiger partial charge in [0.1, 0.15) is 0 Å². The molecule has 0 heterocycles. The molecule has 1 unspecified atom stereocenters. The van der Waals surface area contributed by atoms with Gasteiger partial charge in [0.05, 0.1) is 5.56 Å². The van der Waals surface area contributed by atoms with Crippen LogP contribution < -0.4 is 5.32 Å². The number of hydrogen-bond donors (Lipinski definition) is 1. The molecule has 1 N–H and O–H groups in total. The molecule has 17 heavy (non-hydrogen) atoms. The summed E-state index contributed by atoms with van der Waals surface area (Å²) in [5, 5.41) is 2.99. The smallest absolute Gasteiger partial charge is 0.252 e. The Kier molecular flexibility index (Phi) is 6.59. The molecule has 1 atom stereocenters. The number of halogens is 2. The summed E-state index contributed by atoms with van der Waals surface area (Å²) in [7, 11) is 0. The lowest BCUT2D eigenvalue weighted by atomic mass is 10.2. The van der Waals surface area contributed by atoms with Gasteiger partial charge < -0.3 is 5.32 Å². The fourth-order valence-electron chi connectivity index (χ4n) is 1.31. The van der Waals surface area contributed by atoms with Gasteiger partial charge in [0, 0.05) is 20.7 Å². The van der Waals surface area contributed by atoms with Crippen molar-refractivity contribution in [2.75, 3.05) is 11.5 Å². The Morgan fingerprint density at radius 1 is 1.47 bits per heavy atom. The van der Waals surface area contributed by atoms with E-state index in [0.717, 1.165) is 20.5 Å². The standard InChI is InChI=1S/C12H15Br2NOS/c1-3-17-7-8(2)15-12(16)10-5-4-9(13)6-11(10)14/h4-6,8H,3,7H2,1-2H3,(H,15,16). The number of nitrogens with one attached hydrogen (secondary N) is 1. The van der Waals surface area contributed by atoms with Crippen molar-refractivity contribution in [3.8, 4) is 0 Å². The third kappa shape index (κ3) is 5.02. The van der Waals surface area contributed by atoms with Gasteiger partial charge in [-0.15, -0.1) is 0 Å². The predicted molar refractivity (Wildman–Crippen MR) is 81.8 cm³/mol. The Bertz CT molecular complexity index is 398. The van der Waals surface area contributed by atoms with Gasteiger partial charge in [-0.05, 0) is 46.8 Å². The van der Waals surface area contributed by atoms with Crippen LogP contribution in [0.4, 0.5) is 0 Å². The lowest BCUT2D eigenvalue weighted by Gasteiger charge is -2.13. The van der Waals surface area contributed by atoms with Gasteiger partial charge in [0.2, 0.25) is 0 Å². The summed E-state index contributed by atoms with van der Waals surface area (Å²) in [6, 6.07) is 5.73. The fourth-order valence-corrected chi connectivity index (χ4v) is 3.21. The summed E-state index contributed by atoms with van der Waals surface area (Å²) in [6.07, 6.45) is 0. The second-order valence-electron chi connectivity index (χ2n) is 3.66. The van der Waals surface area contributed by atoms with E-state index in [9.17, 15) is 4.79 Å². The first-order valence-electron chi connectivity index (χ1n) is 5.38. The van der Waals surface area contributed by atoms with Gasteiger partial charge >= 0.3 is 0 Å². The van der Waals surface area contributed by atoms with E-state index >= 15 is 0 Å². The van der Waals surface area contributed by atoms with Gasteiger partial charge in [-0.25, -0.2) is 0 Å². The highest BCUT2D eigenvalue weighted by Crippen LogP contribution is 2.22. The summed E-state index contributed by atoms with van der Waals surface area (Å²) in [6.45, 7) is 4.14. The molecule has 0 fully saturated rings. The Labute approximate surface area is 123 Å². The maximum atomic E-state index is 12.0. The number of carbonyl (C=O) groups is 1. The second kappa shape index (κ2) is 7.44. The molecular weight excluding hydrogens is 366 g/mol. The average Bonchev–Trinajstić information content (AvgIpc) is 2.26. The van der Waals surface area contributed by atoms with Gasteiger partial charge in [-0.2, -0.15) is 11.8 Å². The minimum atomic E-state index is -0.0337. The third-order valence-electron chi connectivity index (χ3n) is 2.13. The number of rotatable bonds is 5. The van der Waals surface area contributed by atoms with Crippen LogP contribution >= 0.6 is 43.6 Å². The van der Waals surface area contributed by atoms with Crippen molar-refractivity contribution in [3.63, 3.8) is 0 Å². The zero-order chi connectivity index (χ0) is 12.8. The summed E-state index contributed by atoms with van der Waals surface area (Å²) in [5.41, 5.74) is 0.668. The molecule has 0 spiro atoms. The third-order valence-corrected chi connectivity index (χ3v) is 4.42. The molecule has 1 aromatic rings. The summed E-state index contributed by atoms with van der Waals surface area (Å²) in [4.78, 5) is 12.0. The minimum absolute atomic E-state index is 0.0337. The van der Waals surface area contributed by atoms with Gasteiger partial charge in [0.25, 0.3) is 5.91 Å². The maximum absolute atomic E-state index is 12.0. The number of thioether (sulfide) groups is 1. The van der Waals surface area contributed by atoms with Crippen LogP contribution in [0.25, 0.3) is 0 Å². The second-order valence-corrected chi connectivity index (χ2v) is 6.75. The van der Waals surface area contributed by atoms with Crippen molar-refractivity contribution in [1.82, 2.24) is 5.32 Å². The van der Waals surface area contributed by atoms with Gasteiger partial charge in [-0.1, -0.05) is 22.9 Å². The Balaban J connectivity index is 2.63. The quantitative estimate of drug-likeness (QED) is 0.833. The molecule has 0 aromatic heterocycles. The van der Waals surface area contributed by atoms with Crippen molar-refractivity contribution < 1.29 is 4.79 Å². The van der Waals surface area contributed by atoms with Crippen molar-refractivity contribution in [2.45, 2.75) is 19.9 Å². The average molecular weight is 381 g/mol. The first-order chi connectivity index (χ1) is 8.04. The molecule has 0 aliphatic rings. The molecule has 0 aliphatic carbocycles. The lowest BCUT2D eigenvalue weighted by Crippen LogP contribution is -2.34. The highest BCUT2D eigenvalue weighted by atomic mass is 79.9. The number of hydrogen-bond acceptors (Lipinski definition) is 2. The monoisotopic (exact) mass is 379 g/mol. The molecule has 1 rings (SSSR count). The van der Waals surface area contributed by atoms with Crippen LogP contribution in [0.2, 0.25) is 0 Å². The number of amides is 1. The summed E-state index contributed by atoms with van der Waals surface area (Å²) >= 11 is 8.59. The van der Waals surface area contributed by atoms with Crippen LogP contribution in [-0.2, 0) is 0 Å². The number of benzene rings is 1. The molecule has 94 valence electrons. The first kappa shape index (κ1) is 15.1. The Hall–Kier alpha value is -0.000000000000000111. The number of carbonyl (C=O) groups excluding carboxylic acids is 1. The molecule has 0 aliphatic heterocycles. The van der Waals surface area contributed by atoms with E-state index in [1.165, 1.54) is 0 Å². The van der Waals surface area contributed by atoms with E-state index < -0.39 is 0 Å². The van der Waals surface area contributed by atoms with Crippen LogP contribution in [0.3, 0.4) is 0 Å². The highest BCUT2D eigenvalue weighted by molar-refractivity contribution is 9.11. The van der Waals surface area contributed by atoms with Gasteiger partial charge in [-0.3, -0.25) is 4.79 Å². The van der Waals surface area contributed by atoms with Crippen LogP contribution in [0.15, 0.2) is 27.1 Å². The largest absolute Gasteiger partial charge is 0.349 e. The minimum Gasteiger partial charge on any atom is -0.349 e. The molecule has 1 aromatic carbocycles. The Morgan fingerprint density at radius 2 is 2.18 bits per heavy atom. The molecule has 5 heteroatoms. The summed E-state index contributed by atoms with van der Waals surface area (Å²) in [5.74, 6) is 1.98. The SMILES string of the molecule is CCSCC(C)NC(=O)c1ccc(Br)cc1Br. The van der Waals surface area contributed by atoms with Crippen molar-refractivity contribution in [1.29, 1.82) is 0 Å². The predicted octanol–water partition coefficient (Wildman–Crippen LogP) is 4.08. The maximum Gasteiger partial charge on any atom is 0.252 e. The van der Waals surface area contributed by atoms with E-state index in [1.54, 1.807) is 0 Å². The van der Waals surface area contributed by atoms with Crippen LogP contribution in [0.5, 0.6) is 0 Å². The van der Waals surface area contributed by atoms with E-state index in [1.807, 2.05) is 36.9 Å². The van der Waals surface area contributed by atoms with Crippen molar-refractivity contribution in [3.05, 3.63) is 32.7 Å². The molecule has 0 saturated heterocycles. The molecular formula is C12H15Br2NOS. The van der Waals surface area contributed by atoms with Crippen LogP contribution in [0, 0.1) is 0 Å². The van der Waals surface area contributed by atoms with E-state index in [2.05, 4.69) is 44.1 Å². The molecule has 2 nitrogen and oxygen atoms in total. The van der Waals surface area contributed by atoms with E-state index in [-0.39, 0.29) is 11.9 Å². The highest BCUT2D eigenvalue weighted by Gasteiger charge is 2.12. The fraction of sp³-hybridized carbons (Fsp3) is 0.417. The van der Waals surface area contributed by atoms with Crippen LogP contribution in [0.1, 0.15) is 24.2 Å². The van der Waals surface area contributed by atoms with Crippen LogP contribution in [-0.4, -0.2) is 23.5 Å². The van der Waals surface area contributed by atoms with Gasteiger partial charge in [0.15, 0.2) is 0 Å². The van der Waals surface area contributed by atoms with Crippen molar-refractivity contribution in [2.24, 2.45) is 0 Å². The summed E-state index contributed by atoms with van der Waals surface area (Å²) < 4.78 is 1.76. The molecule has 0 saturated carbocycles. The molecule has 0 radical (unpaired) electrons. The zero-order valence-corrected chi connectivity index (χ0v) is 13.8. The Morgan fingerprint density at radius 3 is 2.76 bits per heavy atom. The van der Waals surface area contributed by atoms with Crippen molar-refractivity contribution >= 4 is 49.5 Å². The normalized spacial score (nSPS) is 12.2. The lowest BCUT2D eigenvalue weighted by molar-refractivity contribution is 0.0943. The first-order valence-corrected chi connectivity index (χ1v) is 8.12. The van der Waals surface area contributed by atoms with E-state index in [0.29, 0.717) is 5.56 Å². The molecule has 1 amide bonds. The zero-order valence-electron chi connectivity index (χ0n) is 9.80. The molecule has 0 bridgehead atoms. The topological polar surface area (TPSA) is 29.1 Å². The van der Waals surface area contributed by atoms with E-state index in [4.69, 9.17) is 0 Å².